The van der Waals surface area contributed by atoms with Crippen LogP contribution in [0.25, 0.3) is 75.3 Å². The number of thiophene rings is 1. The maximum atomic E-state index is 6.33. The molecule has 7 aromatic carbocycles. The lowest BCUT2D eigenvalue weighted by Crippen LogP contribution is -2.09. The number of pyridine rings is 1. The molecule has 0 spiro atoms. The van der Waals surface area contributed by atoms with Crippen molar-refractivity contribution in [3.8, 4) is 22.3 Å². The largest absolute Gasteiger partial charge is 0.454 e. The normalized spacial score (nSPS) is 11.7. The number of para-hydroxylation sites is 1. The Morgan fingerprint density at radius 2 is 1.04 bits per heavy atom. The minimum Gasteiger partial charge on any atom is -0.454 e. The first-order valence-corrected chi connectivity index (χ1v) is 17.3. The topological polar surface area (TPSA) is 29.3 Å². The van der Waals surface area contributed by atoms with E-state index in [9.17, 15) is 0 Å². The number of anilines is 3. The number of aromatic nitrogens is 1. The Balaban J connectivity index is 1.07. The quantitative estimate of drug-likeness (QED) is 0.187. The molecule has 0 saturated carbocycles. The number of benzene rings is 7. The first-order valence-electron chi connectivity index (χ1n) is 16.4. The minimum absolute atomic E-state index is 0.811. The van der Waals surface area contributed by atoms with Crippen molar-refractivity contribution >= 4 is 81.4 Å². The Morgan fingerprint density at radius 1 is 0.429 bits per heavy atom. The van der Waals surface area contributed by atoms with E-state index in [1.807, 2.05) is 29.7 Å². The van der Waals surface area contributed by atoms with Gasteiger partial charge in [-0.2, -0.15) is 0 Å². The lowest BCUT2D eigenvalue weighted by molar-refractivity contribution is 0.667. The predicted octanol–water partition coefficient (Wildman–Crippen LogP) is 13.3. The van der Waals surface area contributed by atoms with Crippen molar-refractivity contribution in [1.82, 2.24) is 4.98 Å². The third kappa shape index (κ3) is 4.68. The number of hydrogen-bond acceptors (Lipinski definition) is 4. The van der Waals surface area contributed by atoms with E-state index in [4.69, 9.17) is 4.42 Å². The summed E-state index contributed by atoms with van der Waals surface area (Å²) in [4.78, 5) is 6.96. The lowest BCUT2D eigenvalue weighted by atomic mass is 10.0. The summed E-state index contributed by atoms with van der Waals surface area (Å²) in [6, 6.07) is 58.5. The molecule has 10 aromatic rings. The standard InChI is InChI=1S/C45H28N2OS/c1-2-8-29(9-3-1)30-14-19-33(20-15-30)47(35-23-25-44-39(27-35)36-10-5-7-13-43(36)49-44)34-21-16-31(17-22-34)32-18-24-38-41(26-32)48-42-28-46-40-12-6-4-11-37(40)45(38)42/h1-28H. The molecule has 3 aromatic heterocycles. The second-order valence-corrected chi connectivity index (χ2v) is 13.5. The van der Waals surface area contributed by atoms with E-state index in [-0.39, 0.29) is 0 Å². The van der Waals surface area contributed by atoms with Crippen molar-refractivity contribution in [2.24, 2.45) is 0 Å². The molecule has 0 aliphatic carbocycles. The third-order valence-corrected chi connectivity index (χ3v) is 10.7. The van der Waals surface area contributed by atoms with Gasteiger partial charge in [-0.25, -0.2) is 0 Å². The van der Waals surface area contributed by atoms with Crippen molar-refractivity contribution < 1.29 is 4.42 Å². The molecule has 0 unspecified atom stereocenters. The van der Waals surface area contributed by atoms with E-state index in [2.05, 4.69) is 162 Å². The molecule has 0 fully saturated rings. The van der Waals surface area contributed by atoms with Crippen molar-refractivity contribution in [2.45, 2.75) is 0 Å². The van der Waals surface area contributed by atoms with Crippen LogP contribution in [-0.2, 0) is 0 Å². The van der Waals surface area contributed by atoms with Crippen LogP contribution in [0.15, 0.2) is 174 Å². The molecular weight excluding hydrogens is 617 g/mol. The van der Waals surface area contributed by atoms with Crippen LogP contribution in [-0.4, -0.2) is 4.98 Å². The second-order valence-electron chi connectivity index (χ2n) is 12.4. The van der Waals surface area contributed by atoms with Crippen molar-refractivity contribution in [3.05, 3.63) is 170 Å². The molecule has 0 atom stereocenters. The Morgan fingerprint density at radius 3 is 1.84 bits per heavy atom. The summed E-state index contributed by atoms with van der Waals surface area (Å²) in [5, 5.41) is 5.91. The molecule has 0 aliphatic heterocycles. The molecule has 0 bridgehead atoms. The van der Waals surface area contributed by atoms with Crippen LogP contribution in [0, 0.1) is 0 Å². The van der Waals surface area contributed by atoms with Crippen LogP contribution in [0.5, 0.6) is 0 Å². The van der Waals surface area contributed by atoms with E-state index in [1.165, 1.54) is 31.3 Å². The number of fused-ring (bicyclic) bond motifs is 8. The molecular formula is C45H28N2OS. The predicted molar refractivity (Wildman–Crippen MR) is 207 cm³/mol. The molecule has 3 heterocycles. The van der Waals surface area contributed by atoms with Crippen molar-refractivity contribution in [2.75, 3.05) is 4.90 Å². The van der Waals surface area contributed by atoms with Gasteiger partial charge in [-0.3, -0.25) is 4.98 Å². The number of rotatable bonds is 5. The highest BCUT2D eigenvalue weighted by Crippen LogP contribution is 2.42. The molecule has 0 amide bonds. The molecule has 49 heavy (non-hydrogen) atoms. The Bertz CT molecular complexity index is 2810. The van der Waals surface area contributed by atoms with Gasteiger partial charge in [-0.15, -0.1) is 11.3 Å². The molecule has 0 N–H and O–H groups in total. The first kappa shape index (κ1) is 27.8. The SMILES string of the molecule is c1ccc(-c2ccc(N(c3ccc(-c4ccc5c(c4)oc4cnc6ccccc6c45)cc3)c3ccc4sc5ccccc5c4c3)cc2)cc1. The maximum Gasteiger partial charge on any atom is 0.154 e. The highest BCUT2D eigenvalue weighted by atomic mass is 32.1. The number of furan rings is 1. The van der Waals surface area contributed by atoms with Crippen LogP contribution in [0.4, 0.5) is 17.1 Å². The molecule has 0 radical (unpaired) electrons. The average Bonchev–Trinajstić information content (AvgIpc) is 3.74. The lowest BCUT2D eigenvalue weighted by Gasteiger charge is -2.26. The Hall–Kier alpha value is -6.23. The van der Waals surface area contributed by atoms with Crippen LogP contribution in [0.1, 0.15) is 0 Å². The Kier molecular flexibility index (Phi) is 6.36. The summed E-state index contributed by atoms with van der Waals surface area (Å²) in [6.45, 7) is 0. The second kappa shape index (κ2) is 11.2. The van der Waals surface area contributed by atoms with Gasteiger partial charge in [0.05, 0.1) is 11.7 Å². The van der Waals surface area contributed by atoms with Gasteiger partial charge in [-0.1, -0.05) is 97.1 Å². The first-order chi connectivity index (χ1) is 24.3. The van der Waals surface area contributed by atoms with E-state index in [1.54, 1.807) is 0 Å². The molecule has 230 valence electrons. The fourth-order valence-electron chi connectivity index (χ4n) is 7.13. The van der Waals surface area contributed by atoms with Gasteiger partial charge in [0.2, 0.25) is 0 Å². The van der Waals surface area contributed by atoms with E-state index < -0.39 is 0 Å². The van der Waals surface area contributed by atoms with Crippen molar-refractivity contribution in [3.63, 3.8) is 0 Å². The van der Waals surface area contributed by atoms with Gasteiger partial charge in [0.15, 0.2) is 5.58 Å². The zero-order valence-electron chi connectivity index (χ0n) is 26.4. The summed E-state index contributed by atoms with van der Waals surface area (Å²) in [7, 11) is 0. The molecule has 3 nitrogen and oxygen atoms in total. The van der Waals surface area contributed by atoms with Crippen LogP contribution >= 0.6 is 11.3 Å². The Labute approximate surface area is 286 Å². The molecule has 0 aliphatic rings. The van der Waals surface area contributed by atoms with Gasteiger partial charge in [-0.05, 0) is 89.0 Å². The summed E-state index contributed by atoms with van der Waals surface area (Å²) in [5.74, 6) is 0. The fraction of sp³-hybridized carbons (Fsp3) is 0. The summed E-state index contributed by atoms with van der Waals surface area (Å²) < 4.78 is 8.94. The zero-order chi connectivity index (χ0) is 32.3. The van der Waals surface area contributed by atoms with Gasteiger partial charge in [0.1, 0.15) is 5.58 Å². The zero-order valence-corrected chi connectivity index (χ0v) is 27.2. The number of nitrogens with zero attached hydrogens (tertiary/aromatic N) is 2. The van der Waals surface area contributed by atoms with Gasteiger partial charge >= 0.3 is 0 Å². The van der Waals surface area contributed by atoms with E-state index in [0.29, 0.717) is 0 Å². The van der Waals surface area contributed by atoms with Gasteiger partial charge in [0.25, 0.3) is 0 Å². The highest BCUT2D eigenvalue weighted by Gasteiger charge is 2.17. The van der Waals surface area contributed by atoms with Gasteiger partial charge < -0.3 is 9.32 Å². The minimum atomic E-state index is 0.811. The van der Waals surface area contributed by atoms with Crippen LogP contribution in [0.3, 0.4) is 0 Å². The monoisotopic (exact) mass is 644 g/mol. The van der Waals surface area contributed by atoms with Crippen molar-refractivity contribution in [1.29, 1.82) is 0 Å². The van der Waals surface area contributed by atoms with E-state index in [0.717, 1.165) is 61.0 Å². The van der Waals surface area contributed by atoms with E-state index >= 15 is 0 Å². The summed E-state index contributed by atoms with van der Waals surface area (Å²) in [6.07, 6.45) is 1.84. The molecule has 10 rings (SSSR count). The molecule has 4 heteroatoms. The number of hydrogen-bond donors (Lipinski definition) is 0. The van der Waals surface area contributed by atoms with Gasteiger partial charge in [0, 0.05) is 53.4 Å². The van der Waals surface area contributed by atoms with Crippen LogP contribution in [0.2, 0.25) is 0 Å². The van der Waals surface area contributed by atoms with Crippen LogP contribution < -0.4 is 4.90 Å². The molecule has 0 saturated heterocycles. The summed E-state index contributed by atoms with van der Waals surface area (Å²) >= 11 is 1.85. The highest BCUT2D eigenvalue weighted by molar-refractivity contribution is 7.25. The smallest absolute Gasteiger partial charge is 0.154 e. The average molecular weight is 645 g/mol. The summed E-state index contributed by atoms with van der Waals surface area (Å²) in [5.41, 5.74) is 10.6. The fourth-order valence-corrected chi connectivity index (χ4v) is 8.21. The maximum absolute atomic E-state index is 6.33. The third-order valence-electron chi connectivity index (χ3n) is 9.52.